The van der Waals surface area contributed by atoms with Gasteiger partial charge in [-0.2, -0.15) is 0 Å². The van der Waals surface area contributed by atoms with Crippen LogP contribution in [0.15, 0.2) is 48.6 Å². The van der Waals surface area contributed by atoms with E-state index >= 15 is 0 Å². The van der Waals surface area contributed by atoms with E-state index in [2.05, 4.69) is 17.9 Å². The number of aliphatic hydroxyl groups excluding tert-OH is 1. The summed E-state index contributed by atoms with van der Waals surface area (Å²) in [6.45, 7) is 4.02. The SMILES string of the molecule is CCCc1cc(Cl)ccc1C1COc2ccc3cc2N(C1)CC1CCC1C(O)/C=C/CN(C)C(=O)C[C@]3(O)C(=O)O. The maximum absolute atomic E-state index is 13.0. The largest absolute Gasteiger partial charge is 0.491 e. The molecule has 4 unspecified atom stereocenters. The number of aliphatic carboxylic acids is 1. The Kier molecular flexibility index (Phi) is 8.64. The van der Waals surface area contributed by atoms with Crippen molar-refractivity contribution in [2.45, 2.75) is 56.7 Å². The number of hydrogen-bond donors (Lipinski definition) is 3. The van der Waals surface area contributed by atoms with Gasteiger partial charge in [-0.05, 0) is 72.1 Å². The number of benzene rings is 2. The van der Waals surface area contributed by atoms with E-state index in [0.717, 1.165) is 25.7 Å². The molecule has 1 saturated carbocycles. The summed E-state index contributed by atoms with van der Waals surface area (Å²) in [5.74, 6) is -1.10. The number of hydrogen-bond acceptors (Lipinski definition) is 6. The quantitative estimate of drug-likeness (QED) is 0.460. The molecule has 5 atom stereocenters. The number of carboxylic acid groups (broad SMARTS) is 1. The van der Waals surface area contributed by atoms with Crippen molar-refractivity contribution in [3.8, 4) is 5.75 Å². The van der Waals surface area contributed by atoms with Gasteiger partial charge in [0.05, 0.1) is 24.8 Å². The van der Waals surface area contributed by atoms with Gasteiger partial charge in [0.1, 0.15) is 5.75 Å². The number of nitrogens with zero attached hydrogens (tertiary/aromatic N) is 2. The van der Waals surface area contributed by atoms with Gasteiger partial charge in [0, 0.05) is 37.6 Å². The summed E-state index contributed by atoms with van der Waals surface area (Å²) < 4.78 is 6.36. The Morgan fingerprint density at radius 3 is 2.68 bits per heavy atom. The summed E-state index contributed by atoms with van der Waals surface area (Å²) in [7, 11) is 1.56. The molecular weight excluding hydrogens is 544 g/mol. The van der Waals surface area contributed by atoms with Gasteiger partial charge in [-0.25, -0.2) is 4.79 Å². The zero-order chi connectivity index (χ0) is 29.3. The molecule has 2 bridgehead atoms. The van der Waals surface area contributed by atoms with Gasteiger partial charge < -0.3 is 29.9 Å². The number of aryl methyl sites for hydroxylation is 1. The number of likely N-dealkylation sites (N-methyl/N-ethyl adjacent to an activating group) is 1. The molecule has 0 aromatic heterocycles. The number of carbonyl (C=O) groups excluding carboxylic acids is 1. The lowest BCUT2D eigenvalue weighted by atomic mass is 9.70. The van der Waals surface area contributed by atoms with E-state index in [1.807, 2.05) is 12.1 Å². The number of fused-ring (bicyclic) bond motifs is 2. The first-order chi connectivity index (χ1) is 19.6. The number of halogens is 1. The number of anilines is 1. The third-order valence-corrected chi connectivity index (χ3v) is 9.23. The number of rotatable bonds is 4. The fourth-order valence-electron chi connectivity index (χ4n) is 6.38. The first-order valence-electron chi connectivity index (χ1n) is 14.5. The van der Waals surface area contributed by atoms with Crippen molar-refractivity contribution >= 4 is 29.2 Å². The molecule has 3 N–H and O–H groups in total. The predicted molar refractivity (Wildman–Crippen MR) is 157 cm³/mol. The summed E-state index contributed by atoms with van der Waals surface area (Å²) in [5, 5.41) is 33.2. The van der Waals surface area contributed by atoms with Crippen LogP contribution in [0.25, 0.3) is 0 Å². The molecule has 0 spiro atoms. The van der Waals surface area contributed by atoms with Gasteiger partial charge in [0.25, 0.3) is 0 Å². The Labute approximate surface area is 246 Å². The zero-order valence-corrected chi connectivity index (χ0v) is 24.4. The highest BCUT2D eigenvalue weighted by Crippen LogP contribution is 2.43. The van der Waals surface area contributed by atoms with Crippen molar-refractivity contribution in [1.82, 2.24) is 4.90 Å². The van der Waals surface area contributed by atoms with Crippen molar-refractivity contribution < 1.29 is 29.6 Å². The molecule has 220 valence electrons. The first-order valence-corrected chi connectivity index (χ1v) is 14.8. The Balaban J connectivity index is 1.59. The fourth-order valence-corrected chi connectivity index (χ4v) is 6.58. The van der Waals surface area contributed by atoms with Crippen LogP contribution in [0.3, 0.4) is 0 Å². The molecule has 1 amide bonds. The Bertz CT molecular complexity index is 1330. The number of aliphatic hydroxyl groups is 2. The van der Waals surface area contributed by atoms with Crippen LogP contribution < -0.4 is 9.64 Å². The van der Waals surface area contributed by atoms with E-state index in [1.54, 1.807) is 31.3 Å². The van der Waals surface area contributed by atoms with Crippen LogP contribution in [0.4, 0.5) is 5.69 Å². The van der Waals surface area contributed by atoms with Crippen LogP contribution in [0.5, 0.6) is 5.75 Å². The molecule has 2 heterocycles. The minimum absolute atomic E-state index is 0.0173. The van der Waals surface area contributed by atoms with E-state index < -0.39 is 30.0 Å². The normalized spacial score (nSPS) is 29.2. The molecule has 1 aliphatic carbocycles. The van der Waals surface area contributed by atoms with E-state index in [-0.39, 0.29) is 29.9 Å². The lowest BCUT2D eigenvalue weighted by molar-refractivity contribution is -0.164. The first kappa shape index (κ1) is 29.4. The van der Waals surface area contributed by atoms with E-state index in [4.69, 9.17) is 16.3 Å². The van der Waals surface area contributed by atoms with Gasteiger partial charge in [-0.15, -0.1) is 0 Å². The van der Waals surface area contributed by atoms with Crippen LogP contribution >= 0.6 is 11.6 Å². The van der Waals surface area contributed by atoms with E-state index in [9.17, 15) is 24.9 Å². The number of ether oxygens (including phenoxy) is 1. The highest BCUT2D eigenvalue weighted by molar-refractivity contribution is 6.30. The van der Waals surface area contributed by atoms with Crippen LogP contribution in [0.1, 0.15) is 55.2 Å². The van der Waals surface area contributed by atoms with Gasteiger partial charge in [0.15, 0.2) is 5.60 Å². The van der Waals surface area contributed by atoms with E-state index in [0.29, 0.717) is 36.2 Å². The number of carbonyl (C=O) groups is 2. The van der Waals surface area contributed by atoms with Crippen molar-refractivity contribution in [1.29, 1.82) is 0 Å². The predicted octanol–water partition coefficient (Wildman–Crippen LogP) is 4.35. The Morgan fingerprint density at radius 2 is 1.98 bits per heavy atom. The van der Waals surface area contributed by atoms with Crippen LogP contribution in [-0.2, 0) is 21.6 Å². The van der Waals surface area contributed by atoms with Gasteiger partial charge in [0.2, 0.25) is 5.91 Å². The van der Waals surface area contributed by atoms with Crippen molar-refractivity contribution in [3.05, 3.63) is 70.3 Å². The van der Waals surface area contributed by atoms with Crippen LogP contribution in [0, 0.1) is 11.8 Å². The Hall–Kier alpha value is -3.07. The molecule has 8 nitrogen and oxygen atoms in total. The minimum Gasteiger partial charge on any atom is -0.491 e. The van der Waals surface area contributed by atoms with Crippen LogP contribution in [-0.4, -0.2) is 71.5 Å². The fraction of sp³-hybridized carbons (Fsp3) is 0.500. The summed E-state index contributed by atoms with van der Waals surface area (Å²) in [6.07, 6.45) is 5.94. The van der Waals surface area contributed by atoms with Crippen molar-refractivity contribution in [2.24, 2.45) is 11.8 Å². The second-order valence-electron chi connectivity index (χ2n) is 11.7. The molecule has 2 aromatic rings. The standard InChI is InChI=1S/C32H39ClN2O6/c1-3-5-20-14-24(33)9-11-25(20)22-18-35-17-21-7-10-26(21)28(36)6-4-13-34(2)30(37)16-32(40,31(38)39)23-8-12-29(41-19-22)27(35)15-23/h4,6,8-9,11-12,14-15,21-22,26,28,36,40H,3,5,7,10,13,16-19H2,1-2H3,(H,38,39)/b6-4+/t21?,22?,26?,28?,32-/m1/s1. The minimum atomic E-state index is -2.41. The molecule has 0 saturated heterocycles. The van der Waals surface area contributed by atoms with Crippen molar-refractivity contribution in [3.63, 3.8) is 0 Å². The molecule has 41 heavy (non-hydrogen) atoms. The van der Waals surface area contributed by atoms with Gasteiger partial charge in [-0.3, -0.25) is 4.79 Å². The molecule has 2 aliphatic heterocycles. The zero-order valence-electron chi connectivity index (χ0n) is 23.6. The molecular formula is C32H39ClN2O6. The summed E-state index contributed by atoms with van der Waals surface area (Å²) >= 11 is 6.36. The van der Waals surface area contributed by atoms with Crippen LogP contribution in [0.2, 0.25) is 5.02 Å². The van der Waals surface area contributed by atoms with Crippen molar-refractivity contribution in [2.75, 3.05) is 38.2 Å². The molecule has 3 aliphatic rings. The van der Waals surface area contributed by atoms with E-state index in [1.165, 1.54) is 22.1 Å². The molecule has 0 radical (unpaired) electrons. The average Bonchev–Trinajstić information content (AvgIpc) is 3.09. The maximum atomic E-state index is 13.0. The number of amides is 1. The monoisotopic (exact) mass is 582 g/mol. The molecule has 2 aromatic carbocycles. The van der Waals surface area contributed by atoms with Gasteiger partial charge >= 0.3 is 5.97 Å². The second kappa shape index (κ2) is 12.0. The number of carboxylic acids is 1. The highest BCUT2D eigenvalue weighted by Gasteiger charge is 2.43. The summed E-state index contributed by atoms with van der Waals surface area (Å²) in [4.78, 5) is 29.0. The summed E-state index contributed by atoms with van der Waals surface area (Å²) in [5.41, 5.74) is 0.755. The average molecular weight is 583 g/mol. The second-order valence-corrected chi connectivity index (χ2v) is 12.2. The highest BCUT2D eigenvalue weighted by atomic mass is 35.5. The molecule has 5 rings (SSSR count). The van der Waals surface area contributed by atoms with Gasteiger partial charge in [-0.1, -0.05) is 49.2 Å². The lowest BCUT2D eigenvalue weighted by Crippen LogP contribution is -2.44. The topological polar surface area (TPSA) is 111 Å². The lowest BCUT2D eigenvalue weighted by Gasteiger charge is -2.42. The summed E-state index contributed by atoms with van der Waals surface area (Å²) in [6, 6.07) is 10.9. The smallest absolute Gasteiger partial charge is 0.340 e. The maximum Gasteiger partial charge on any atom is 0.340 e. The Morgan fingerprint density at radius 1 is 1.17 bits per heavy atom. The third-order valence-electron chi connectivity index (χ3n) is 8.99. The molecule has 1 fully saturated rings. The molecule has 9 heteroatoms. The third kappa shape index (κ3) is 5.96.